The average Bonchev–Trinajstić information content (AvgIpc) is 2.32. The van der Waals surface area contributed by atoms with Crippen LogP contribution in [0.1, 0.15) is 39.7 Å². The second-order valence-corrected chi connectivity index (χ2v) is 9.17. The van der Waals surface area contributed by atoms with Crippen molar-refractivity contribution >= 4 is 18.7 Å². The van der Waals surface area contributed by atoms with Crippen molar-refractivity contribution in [3.63, 3.8) is 0 Å². The van der Waals surface area contributed by atoms with Crippen LogP contribution < -0.4 is 10.4 Å². The predicted molar refractivity (Wildman–Crippen MR) is 79.9 cm³/mol. The van der Waals surface area contributed by atoms with Gasteiger partial charge in [-0.2, -0.15) is 0 Å². The van der Waals surface area contributed by atoms with Crippen molar-refractivity contribution in [2.75, 3.05) is 10.4 Å². The largest absolute Gasteiger partial charge is 0.370 e. The summed E-state index contributed by atoms with van der Waals surface area (Å²) in [6, 6.07) is 6.08. The molecule has 1 aliphatic heterocycles. The third-order valence-electron chi connectivity index (χ3n) is 4.10. The van der Waals surface area contributed by atoms with Gasteiger partial charge in [0.25, 0.3) is 0 Å². The molecular formula is C14H23N2OP. The van der Waals surface area contributed by atoms with Gasteiger partial charge in [-0.1, -0.05) is 32.9 Å². The fraction of sp³-hybridized carbons (Fsp3) is 0.571. The van der Waals surface area contributed by atoms with Gasteiger partial charge in [-0.15, -0.1) is 0 Å². The van der Waals surface area contributed by atoms with Crippen LogP contribution >= 0.6 is 7.29 Å². The summed E-state index contributed by atoms with van der Waals surface area (Å²) in [7, 11) is -2.52. The van der Waals surface area contributed by atoms with Crippen LogP contribution in [-0.2, 0) is 4.57 Å². The van der Waals surface area contributed by atoms with Crippen LogP contribution in [0.2, 0.25) is 0 Å². The second kappa shape index (κ2) is 4.31. The molecule has 2 N–H and O–H groups in total. The smallest absolute Gasteiger partial charge is 0.196 e. The van der Waals surface area contributed by atoms with Gasteiger partial charge in [0.1, 0.15) is 5.28 Å². The molecule has 100 valence electrons. The zero-order chi connectivity index (χ0) is 13.6. The molecule has 2 rings (SSSR count). The Labute approximate surface area is 110 Å². The molecule has 0 aliphatic carbocycles. The van der Waals surface area contributed by atoms with Gasteiger partial charge in [0, 0.05) is 5.66 Å². The van der Waals surface area contributed by atoms with Crippen molar-refractivity contribution in [2.45, 2.75) is 52.0 Å². The zero-order valence-corrected chi connectivity index (χ0v) is 12.8. The van der Waals surface area contributed by atoms with E-state index in [1.165, 1.54) is 5.56 Å². The summed E-state index contributed by atoms with van der Waals surface area (Å²) in [6.07, 6.45) is 0.837. The zero-order valence-electron chi connectivity index (χ0n) is 11.9. The predicted octanol–water partition coefficient (Wildman–Crippen LogP) is 4.65. The summed E-state index contributed by atoms with van der Waals surface area (Å²) in [5.74, 6) is 0. The molecule has 0 amide bonds. The SMILES string of the molecule is CCC1(C)Nc2c(C)cccc2NP1(=O)C(C)C. The Morgan fingerprint density at radius 1 is 1.39 bits per heavy atom. The number of rotatable bonds is 2. The minimum absolute atomic E-state index is 0.114. The second-order valence-electron chi connectivity index (χ2n) is 5.61. The molecule has 1 aromatic carbocycles. The van der Waals surface area contributed by atoms with E-state index in [-0.39, 0.29) is 10.9 Å². The maximum atomic E-state index is 13.3. The van der Waals surface area contributed by atoms with Gasteiger partial charge >= 0.3 is 0 Å². The summed E-state index contributed by atoms with van der Waals surface area (Å²) in [4.78, 5) is 0. The van der Waals surface area contributed by atoms with Gasteiger partial charge in [0.15, 0.2) is 7.29 Å². The number of benzene rings is 1. The first-order valence-electron chi connectivity index (χ1n) is 6.60. The summed E-state index contributed by atoms with van der Waals surface area (Å²) < 4.78 is 13.3. The Morgan fingerprint density at radius 3 is 2.61 bits per heavy atom. The van der Waals surface area contributed by atoms with E-state index >= 15 is 0 Å². The van der Waals surface area contributed by atoms with Crippen molar-refractivity contribution in [1.82, 2.24) is 0 Å². The van der Waals surface area contributed by atoms with Crippen molar-refractivity contribution in [3.05, 3.63) is 23.8 Å². The first kappa shape index (κ1) is 13.5. The van der Waals surface area contributed by atoms with Crippen LogP contribution in [0.3, 0.4) is 0 Å². The van der Waals surface area contributed by atoms with Crippen molar-refractivity contribution in [1.29, 1.82) is 0 Å². The van der Waals surface area contributed by atoms with Crippen LogP contribution in [0.5, 0.6) is 0 Å². The highest BCUT2D eigenvalue weighted by molar-refractivity contribution is 7.68. The van der Waals surface area contributed by atoms with E-state index in [2.05, 4.69) is 37.2 Å². The number of hydrogen-bond acceptors (Lipinski definition) is 2. The van der Waals surface area contributed by atoms with E-state index in [0.29, 0.717) is 0 Å². The highest BCUT2D eigenvalue weighted by atomic mass is 31.2. The van der Waals surface area contributed by atoms with Crippen molar-refractivity contribution in [3.8, 4) is 0 Å². The Bertz CT molecular complexity index is 513. The summed E-state index contributed by atoms with van der Waals surface area (Å²) in [6.45, 7) is 10.3. The molecule has 0 saturated heterocycles. The van der Waals surface area contributed by atoms with Crippen LogP contribution in [0, 0.1) is 6.92 Å². The highest BCUT2D eigenvalue weighted by Crippen LogP contribution is 2.65. The number of nitrogens with one attached hydrogen (secondary N) is 2. The van der Waals surface area contributed by atoms with Crippen molar-refractivity contribution < 1.29 is 4.57 Å². The molecule has 18 heavy (non-hydrogen) atoms. The van der Waals surface area contributed by atoms with Crippen molar-refractivity contribution in [2.24, 2.45) is 0 Å². The Hall–Kier alpha value is -0.950. The van der Waals surface area contributed by atoms with E-state index in [1.807, 2.05) is 26.0 Å². The number of para-hydroxylation sites is 1. The van der Waals surface area contributed by atoms with E-state index < -0.39 is 7.29 Å². The summed E-state index contributed by atoms with van der Waals surface area (Å²) in [5.41, 5.74) is 3.37. The fourth-order valence-electron chi connectivity index (χ4n) is 2.60. The topological polar surface area (TPSA) is 41.1 Å². The Morgan fingerprint density at radius 2 is 2.06 bits per heavy atom. The molecule has 0 saturated carbocycles. The lowest BCUT2D eigenvalue weighted by atomic mass is 10.1. The molecule has 0 spiro atoms. The molecule has 0 bridgehead atoms. The lowest BCUT2D eigenvalue weighted by Crippen LogP contribution is -2.42. The van der Waals surface area contributed by atoms with Gasteiger partial charge in [-0.05, 0) is 31.9 Å². The van der Waals surface area contributed by atoms with Gasteiger partial charge in [0.05, 0.1) is 11.4 Å². The lowest BCUT2D eigenvalue weighted by molar-refractivity contribution is 0.530. The standard InChI is InChI=1S/C14H23N2OP/c1-6-14(5)15-13-11(4)8-7-9-12(13)16-18(14,17)10(2)3/h7-10,15H,6H2,1-5H3,(H,16,17). The molecule has 1 aliphatic rings. The van der Waals surface area contributed by atoms with Gasteiger partial charge in [0.2, 0.25) is 0 Å². The van der Waals surface area contributed by atoms with Gasteiger partial charge < -0.3 is 10.4 Å². The monoisotopic (exact) mass is 266 g/mol. The van der Waals surface area contributed by atoms with Crippen LogP contribution in [-0.4, -0.2) is 10.9 Å². The normalized spacial score (nSPS) is 30.6. The number of hydrogen-bond donors (Lipinski definition) is 2. The molecule has 0 aromatic heterocycles. The molecular weight excluding hydrogens is 243 g/mol. The maximum Gasteiger partial charge on any atom is 0.196 e. The summed E-state index contributed by atoms with van der Waals surface area (Å²) in [5, 5.41) is 6.51. The third kappa shape index (κ3) is 1.76. The molecule has 3 nitrogen and oxygen atoms in total. The quantitative estimate of drug-likeness (QED) is 0.766. The Kier molecular flexibility index (Phi) is 3.23. The molecule has 0 fully saturated rings. The van der Waals surface area contributed by atoms with E-state index in [9.17, 15) is 4.57 Å². The van der Waals surface area contributed by atoms with Crippen LogP contribution in [0.4, 0.5) is 11.4 Å². The molecule has 1 aromatic rings. The minimum Gasteiger partial charge on any atom is -0.370 e. The highest BCUT2D eigenvalue weighted by Gasteiger charge is 2.48. The maximum absolute atomic E-state index is 13.3. The first-order valence-corrected chi connectivity index (χ1v) is 8.37. The van der Waals surface area contributed by atoms with Crippen LogP contribution in [0.15, 0.2) is 18.2 Å². The van der Waals surface area contributed by atoms with Gasteiger partial charge in [-0.25, -0.2) is 0 Å². The molecule has 2 atom stereocenters. The molecule has 2 unspecified atom stereocenters. The average molecular weight is 266 g/mol. The molecule has 4 heteroatoms. The van der Waals surface area contributed by atoms with E-state index in [1.54, 1.807) is 0 Å². The fourth-order valence-corrected chi connectivity index (χ4v) is 5.54. The van der Waals surface area contributed by atoms with E-state index in [0.717, 1.165) is 17.8 Å². The molecule has 0 radical (unpaired) electrons. The Balaban J connectivity index is 2.59. The first-order chi connectivity index (χ1) is 8.34. The van der Waals surface area contributed by atoms with Gasteiger partial charge in [-0.3, -0.25) is 4.57 Å². The summed E-state index contributed by atoms with van der Waals surface area (Å²) >= 11 is 0. The molecule has 1 heterocycles. The van der Waals surface area contributed by atoms with Crippen LogP contribution in [0.25, 0.3) is 0 Å². The number of fused-ring (bicyclic) bond motifs is 1. The number of anilines is 2. The van der Waals surface area contributed by atoms with E-state index in [4.69, 9.17) is 0 Å². The lowest BCUT2D eigenvalue weighted by Gasteiger charge is -2.46. The third-order valence-corrected chi connectivity index (χ3v) is 8.02. The number of aryl methyl sites for hydroxylation is 1. The minimum atomic E-state index is -2.52.